The maximum Gasteiger partial charge on any atom is 0.221 e. The van der Waals surface area contributed by atoms with E-state index < -0.39 is 9.84 Å². The van der Waals surface area contributed by atoms with E-state index in [9.17, 15) is 13.2 Å². The molecule has 1 heterocycles. The number of amides is 1. The lowest BCUT2D eigenvalue weighted by Crippen LogP contribution is -2.28. The van der Waals surface area contributed by atoms with Crippen LogP contribution in [0, 0.1) is 6.92 Å². The average Bonchev–Trinajstić information content (AvgIpc) is 2.90. The van der Waals surface area contributed by atoms with Gasteiger partial charge in [-0.1, -0.05) is 35.5 Å². The van der Waals surface area contributed by atoms with Gasteiger partial charge in [0.1, 0.15) is 5.76 Å². The molecule has 0 bridgehead atoms. The molecule has 1 atom stereocenters. The fourth-order valence-corrected chi connectivity index (χ4v) is 3.40. The summed E-state index contributed by atoms with van der Waals surface area (Å²) < 4.78 is 28.9. The first-order chi connectivity index (χ1) is 10.9. The van der Waals surface area contributed by atoms with E-state index in [4.69, 9.17) is 4.52 Å². The number of hydrogen-bond donors (Lipinski definition) is 1. The van der Waals surface area contributed by atoms with Crippen LogP contribution in [0.25, 0.3) is 0 Å². The zero-order valence-electron chi connectivity index (χ0n) is 13.2. The van der Waals surface area contributed by atoms with Crippen LogP contribution in [-0.4, -0.2) is 25.2 Å². The normalized spacial score (nSPS) is 12.8. The summed E-state index contributed by atoms with van der Waals surface area (Å²) in [5.74, 6) is -0.163. The summed E-state index contributed by atoms with van der Waals surface area (Å²) in [4.78, 5) is 11.9. The number of carbonyl (C=O) groups excluding carboxylic acids is 1. The Morgan fingerprint density at radius 3 is 2.61 bits per heavy atom. The van der Waals surface area contributed by atoms with E-state index in [1.54, 1.807) is 13.0 Å². The molecule has 0 unspecified atom stereocenters. The summed E-state index contributed by atoms with van der Waals surface area (Å²) in [6.07, 6.45) is -0.0731. The highest BCUT2D eigenvalue weighted by molar-refractivity contribution is 7.90. The van der Waals surface area contributed by atoms with E-state index >= 15 is 0 Å². The summed E-state index contributed by atoms with van der Waals surface area (Å²) in [6.45, 7) is 3.56. The van der Waals surface area contributed by atoms with Crippen molar-refractivity contribution < 1.29 is 17.7 Å². The second-order valence-electron chi connectivity index (χ2n) is 5.47. The summed E-state index contributed by atoms with van der Waals surface area (Å²) in [5.41, 5.74) is 1.34. The third-order valence-electron chi connectivity index (χ3n) is 3.36. The Balaban J connectivity index is 1.83. The van der Waals surface area contributed by atoms with Gasteiger partial charge in [0.05, 0.1) is 23.2 Å². The Morgan fingerprint density at radius 1 is 1.30 bits per heavy atom. The van der Waals surface area contributed by atoms with Crippen LogP contribution in [0.2, 0.25) is 0 Å². The van der Waals surface area contributed by atoms with Gasteiger partial charge in [-0.2, -0.15) is 0 Å². The molecule has 1 aromatic heterocycles. The Labute approximate surface area is 135 Å². The lowest BCUT2D eigenvalue weighted by Gasteiger charge is -2.14. The van der Waals surface area contributed by atoms with Crippen LogP contribution in [0.15, 0.2) is 40.9 Å². The number of sulfone groups is 1. The Bertz CT molecular complexity index is 753. The fourth-order valence-electron chi connectivity index (χ4n) is 2.17. The van der Waals surface area contributed by atoms with Crippen LogP contribution >= 0.6 is 0 Å². The predicted octanol–water partition coefficient (Wildman–Crippen LogP) is 2.17. The minimum absolute atomic E-state index is 0.0731. The largest absolute Gasteiger partial charge is 0.361 e. The molecular formula is C16H20N2O4S. The molecule has 1 amide bonds. The molecule has 2 aromatic rings. The van der Waals surface area contributed by atoms with Crippen molar-refractivity contribution in [3.05, 3.63) is 53.4 Å². The lowest BCUT2D eigenvalue weighted by atomic mass is 10.1. The van der Waals surface area contributed by atoms with Gasteiger partial charge in [-0.05, 0) is 19.4 Å². The summed E-state index contributed by atoms with van der Waals surface area (Å²) >= 11 is 0. The molecule has 0 radical (unpaired) electrons. The van der Waals surface area contributed by atoms with E-state index in [2.05, 4.69) is 10.5 Å². The molecule has 1 N–H and O–H groups in total. The SMILES string of the molecule is Cc1cc(CS(=O)(=O)CCC(=O)N[C@H](C)c2ccccc2)no1. The molecule has 23 heavy (non-hydrogen) atoms. The number of hydrogen-bond acceptors (Lipinski definition) is 5. The molecule has 0 spiro atoms. The van der Waals surface area contributed by atoms with Crippen molar-refractivity contribution in [2.45, 2.75) is 32.1 Å². The van der Waals surface area contributed by atoms with E-state index in [1.165, 1.54) is 0 Å². The molecule has 0 fully saturated rings. The molecule has 1 aromatic carbocycles. The zero-order valence-corrected chi connectivity index (χ0v) is 14.0. The van der Waals surface area contributed by atoms with Gasteiger partial charge >= 0.3 is 0 Å². The first-order valence-electron chi connectivity index (χ1n) is 7.32. The van der Waals surface area contributed by atoms with Crippen molar-refractivity contribution in [2.75, 3.05) is 5.75 Å². The smallest absolute Gasteiger partial charge is 0.221 e. The zero-order chi connectivity index (χ0) is 16.9. The van der Waals surface area contributed by atoms with Crippen molar-refractivity contribution in [1.82, 2.24) is 10.5 Å². The highest BCUT2D eigenvalue weighted by Gasteiger charge is 2.18. The highest BCUT2D eigenvalue weighted by atomic mass is 32.2. The first-order valence-corrected chi connectivity index (χ1v) is 9.15. The van der Waals surface area contributed by atoms with Crippen LogP contribution < -0.4 is 5.32 Å². The number of nitrogens with zero attached hydrogens (tertiary/aromatic N) is 1. The quantitative estimate of drug-likeness (QED) is 0.837. The van der Waals surface area contributed by atoms with Gasteiger partial charge in [0.15, 0.2) is 9.84 Å². The number of rotatable bonds is 7. The molecule has 0 saturated carbocycles. The third-order valence-corrected chi connectivity index (χ3v) is 4.92. The summed E-state index contributed by atoms with van der Waals surface area (Å²) in [6, 6.07) is 10.9. The molecule has 0 aliphatic heterocycles. The third kappa shape index (κ3) is 5.52. The highest BCUT2D eigenvalue weighted by Crippen LogP contribution is 2.12. The first kappa shape index (κ1) is 17.2. The van der Waals surface area contributed by atoms with Crippen LogP contribution in [0.3, 0.4) is 0 Å². The molecule has 0 aliphatic rings. The van der Waals surface area contributed by atoms with Gasteiger partial charge in [-0.25, -0.2) is 8.42 Å². The minimum atomic E-state index is -3.40. The standard InChI is InChI=1S/C16H20N2O4S/c1-12-10-15(18-22-12)11-23(20,21)9-8-16(19)17-13(2)14-6-4-3-5-7-14/h3-7,10,13H,8-9,11H2,1-2H3,(H,17,19)/t13-/m1/s1. The van der Waals surface area contributed by atoms with Crippen molar-refractivity contribution in [3.63, 3.8) is 0 Å². The minimum Gasteiger partial charge on any atom is -0.361 e. The topological polar surface area (TPSA) is 89.3 Å². The number of aromatic nitrogens is 1. The lowest BCUT2D eigenvalue weighted by molar-refractivity contribution is -0.121. The van der Waals surface area contributed by atoms with Crippen LogP contribution in [0.5, 0.6) is 0 Å². The van der Waals surface area contributed by atoms with Gasteiger partial charge in [0, 0.05) is 12.5 Å². The predicted molar refractivity (Wildman–Crippen MR) is 86.3 cm³/mol. The number of benzene rings is 1. The molecule has 6 nitrogen and oxygen atoms in total. The maximum absolute atomic E-state index is 12.0. The van der Waals surface area contributed by atoms with Gasteiger partial charge in [0.25, 0.3) is 0 Å². The van der Waals surface area contributed by atoms with Crippen LogP contribution in [-0.2, 0) is 20.4 Å². The van der Waals surface area contributed by atoms with E-state index in [0.717, 1.165) is 5.56 Å². The second kappa shape index (κ2) is 7.41. The second-order valence-corrected chi connectivity index (χ2v) is 7.65. The van der Waals surface area contributed by atoms with Gasteiger partial charge < -0.3 is 9.84 Å². The molecule has 2 rings (SSSR count). The van der Waals surface area contributed by atoms with Gasteiger partial charge in [0.2, 0.25) is 5.91 Å². The Hall–Kier alpha value is -2.15. The number of carbonyl (C=O) groups is 1. The maximum atomic E-state index is 12.0. The monoisotopic (exact) mass is 336 g/mol. The fraction of sp³-hybridized carbons (Fsp3) is 0.375. The van der Waals surface area contributed by atoms with Crippen molar-refractivity contribution in [1.29, 1.82) is 0 Å². The Kier molecular flexibility index (Phi) is 5.54. The molecule has 0 saturated heterocycles. The molecular weight excluding hydrogens is 316 g/mol. The molecule has 7 heteroatoms. The molecule has 0 aliphatic carbocycles. The number of aryl methyl sites for hydroxylation is 1. The van der Waals surface area contributed by atoms with E-state index in [1.807, 2.05) is 37.3 Å². The Morgan fingerprint density at radius 2 is 2.00 bits per heavy atom. The van der Waals surface area contributed by atoms with Crippen molar-refractivity contribution in [2.24, 2.45) is 0 Å². The van der Waals surface area contributed by atoms with Crippen molar-refractivity contribution >= 4 is 15.7 Å². The van der Waals surface area contributed by atoms with Gasteiger partial charge in [-0.15, -0.1) is 0 Å². The van der Waals surface area contributed by atoms with Crippen LogP contribution in [0.4, 0.5) is 0 Å². The van der Waals surface area contributed by atoms with E-state index in [0.29, 0.717) is 11.5 Å². The number of nitrogens with one attached hydrogen (secondary N) is 1. The van der Waals surface area contributed by atoms with Crippen LogP contribution in [0.1, 0.15) is 36.4 Å². The average molecular weight is 336 g/mol. The van der Waals surface area contributed by atoms with Gasteiger partial charge in [-0.3, -0.25) is 4.79 Å². The van der Waals surface area contributed by atoms with Crippen molar-refractivity contribution in [3.8, 4) is 0 Å². The summed E-state index contributed by atoms with van der Waals surface area (Å²) in [7, 11) is -3.40. The molecule has 124 valence electrons. The summed E-state index contributed by atoms with van der Waals surface area (Å²) in [5, 5.41) is 6.46. The van der Waals surface area contributed by atoms with E-state index in [-0.39, 0.29) is 29.9 Å².